The van der Waals surface area contributed by atoms with E-state index in [1.165, 1.54) is 13.8 Å². The van der Waals surface area contributed by atoms with Gasteiger partial charge in [0.15, 0.2) is 0 Å². The summed E-state index contributed by atoms with van der Waals surface area (Å²) in [5.41, 5.74) is 2.78. The molecule has 0 aliphatic heterocycles. The zero-order chi connectivity index (χ0) is 21.2. The second kappa shape index (κ2) is 16.5. The highest BCUT2D eigenvalue weighted by Crippen LogP contribution is 2.10. The van der Waals surface area contributed by atoms with Crippen molar-refractivity contribution >= 4 is 24.1 Å². The monoisotopic (exact) mass is 376 g/mol. The third kappa shape index (κ3) is 13.9. The van der Waals surface area contributed by atoms with Gasteiger partial charge in [0.2, 0.25) is 6.79 Å². The van der Waals surface area contributed by atoms with Crippen molar-refractivity contribution < 1.29 is 29.3 Å². The molecule has 0 bridgehead atoms. The van der Waals surface area contributed by atoms with Gasteiger partial charge in [0.25, 0.3) is 0 Å². The molecule has 6 heteroatoms. The fourth-order valence-electron chi connectivity index (χ4n) is 1.27. The van der Waals surface area contributed by atoms with Gasteiger partial charge in [0, 0.05) is 11.1 Å². The van der Waals surface area contributed by atoms with Crippen molar-refractivity contribution in [3.05, 3.63) is 72.9 Å². The molecule has 6 nitrogen and oxygen atoms in total. The molecule has 0 aliphatic rings. The van der Waals surface area contributed by atoms with E-state index in [-0.39, 0.29) is 24.4 Å². The molecule has 0 spiro atoms. The number of carbonyl (C=O) groups excluding carboxylic acids is 2. The SMILES string of the molecule is C=C(C)C(=O)OCOC(=O)C(=C)C.C=Cc1ccccc1C=C.OCCO. The first kappa shape index (κ1) is 26.3. The fraction of sp³-hybridized carbons (Fsp3) is 0.238. The number of hydrogen-bond acceptors (Lipinski definition) is 6. The van der Waals surface area contributed by atoms with E-state index in [2.05, 4.69) is 35.8 Å². The Kier molecular flexibility index (Phi) is 16.1. The van der Waals surface area contributed by atoms with E-state index < -0.39 is 18.7 Å². The second-order valence-electron chi connectivity index (χ2n) is 5.03. The molecule has 0 saturated carbocycles. The molecule has 0 unspecified atom stereocenters. The summed E-state index contributed by atoms with van der Waals surface area (Å²) in [4.78, 5) is 21.5. The predicted molar refractivity (Wildman–Crippen MR) is 107 cm³/mol. The molecule has 0 aromatic heterocycles. The van der Waals surface area contributed by atoms with Crippen LogP contribution >= 0.6 is 0 Å². The Morgan fingerprint density at radius 1 is 0.889 bits per heavy atom. The Hall–Kier alpha value is -2.96. The van der Waals surface area contributed by atoms with Gasteiger partial charge in [-0.3, -0.25) is 0 Å². The highest BCUT2D eigenvalue weighted by molar-refractivity contribution is 5.88. The summed E-state index contributed by atoms with van der Waals surface area (Å²) in [6, 6.07) is 8.02. The standard InChI is InChI=1S/C10H10.C9H12O4.C2H6O2/c1-3-9-7-5-6-8-10(9)4-2;1-6(2)8(10)12-5-13-9(11)7(3)4;3-1-2-4/h3-8H,1-2H2;1,3,5H2,2,4H3;3-4H,1-2H2. The Morgan fingerprint density at radius 3 is 1.44 bits per heavy atom. The van der Waals surface area contributed by atoms with E-state index in [9.17, 15) is 9.59 Å². The summed E-state index contributed by atoms with van der Waals surface area (Å²) in [5.74, 6) is -1.18. The van der Waals surface area contributed by atoms with Crippen LogP contribution in [0.2, 0.25) is 0 Å². The Labute approximate surface area is 160 Å². The highest BCUT2D eigenvalue weighted by atomic mass is 16.7. The van der Waals surface area contributed by atoms with E-state index in [1.807, 2.05) is 36.4 Å². The van der Waals surface area contributed by atoms with Gasteiger partial charge in [-0.25, -0.2) is 9.59 Å². The van der Waals surface area contributed by atoms with Crippen LogP contribution in [-0.4, -0.2) is 42.2 Å². The number of carbonyl (C=O) groups is 2. The number of rotatable bonds is 7. The van der Waals surface area contributed by atoms with Gasteiger partial charge in [-0.15, -0.1) is 0 Å². The number of esters is 2. The molecule has 0 heterocycles. The molecule has 1 rings (SSSR count). The third-order valence-corrected chi connectivity index (χ3v) is 2.61. The summed E-state index contributed by atoms with van der Waals surface area (Å²) in [5, 5.41) is 15.2. The predicted octanol–water partition coefficient (Wildman–Crippen LogP) is 3.13. The second-order valence-corrected chi connectivity index (χ2v) is 5.03. The van der Waals surface area contributed by atoms with Crippen molar-refractivity contribution in [1.29, 1.82) is 0 Å². The van der Waals surface area contributed by atoms with Crippen LogP contribution in [0.3, 0.4) is 0 Å². The molecular formula is C21H28O6. The smallest absolute Gasteiger partial charge is 0.335 e. The molecule has 0 radical (unpaired) electrons. The lowest BCUT2D eigenvalue weighted by molar-refractivity contribution is -0.161. The first-order valence-corrected chi connectivity index (χ1v) is 7.95. The average molecular weight is 376 g/mol. The lowest BCUT2D eigenvalue weighted by Crippen LogP contribution is -2.13. The van der Waals surface area contributed by atoms with Crippen molar-refractivity contribution in [3.63, 3.8) is 0 Å². The van der Waals surface area contributed by atoms with Gasteiger partial charge in [-0.1, -0.05) is 62.7 Å². The molecule has 0 amide bonds. The minimum absolute atomic E-state index is 0.125. The highest BCUT2D eigenvalue weighted by Gasteiger charge is 2.06. The van der Waals surface area contributed by atoms with Crippen molar-refractivity contribution in [2.45, 2.75) is 13.8 Å². The Balaban J connectivity index is 0. The Bertz CT molecular complexity index is 591. The lowest BCUT2D eigenvalue weighted by atomic mass is 10.1. The van der Waals surface area contributed by atoms with E-state index in [0.29, 0.717) is 0 Å². The number of aliphatic hydroxyl groups excluding tert-OH is 2. The van der Waals surface area contributed by atoms with Gasteiger partial charge in [0.1, 0.15) is 0 Å². The van der Waals surface area contributed by atoms with Gasteiger partial charge >= 0.3 is 11.9 Å². The van der Waals surface area contributed by atoms with E-state index in [0.717, 1.165) is 11.1 Å². The van der Waals surface area contributed by atoms with Gasteiger partial charge in [-0.2, -0.15) is 0 Å². The van der Waals surface area contributed by atoms with Crippen LogP contribution in [0.1, 0.15) is 25.0 Å². The van der Waals surface area contributed by atoms with Crippen molar-refractivity contribution in [2.24, 2.45) is 0 Å². The molecule has 148 valence electrons. The van der Waals surface area contributed by atoms with E-state index in [1.54, 1.807) is 0 Å². The Morgan fingerprint density at radius 2 is 1.22 bits per heavy atom. The molecule has 1 aromatic rings. The first-order valence-electron chi connectivity index (χ1n) is 7.95. The molecule has 0 saturated heterocycles. The summed E-state index contributed by atoms with van der Waals surface area (Å²) in [6.45, 7) is 16.4. The first-order chi connectivity index (χ1) is 12.7. The average Bonchev–Trinajstić information content (AvgIpc) is 2.68. The maximum absolute atomic E-state index is 10.8. The number of aliphatic hydroxyl groups is 2. The van der Waals surface area contributed by atoms with Crippen molar-refractivity contribution in [2.75, 3.05) is 20.0 Å². The fourth-order valence-corrected chi connectivity index (χ4v) is 1.27. The summed E-state index contributed by atoms with van der Waals surface area (Å²) in [7, 11) is 0. The van der Waals surface area contributed by atoms with Gasteiger partial charge in [0.05, 0.1) is 13.2 Å². The van der Waals surface area contributed by atoms with Crippen molar-refractivity contribution in [1.82, 2.24) is 0 Å². The number of ether oxygens (including phenoxy) is 2. The van der Waals surface area contributed by atoms with Crippen molar-refractivity contribution in [3.8, 4) is 0 Å². The van der Waals surface area contributed by atoms with Crippen LogP contribution in [0.25, 0.3) is 12.2 Å². The molecule has 0 fully saturated rings. The quantitative estimate of drug-likeness (QED) is 0.431. The van der Waals surface area contributed by atoms with Crippen LogP contribution < -0.4 is 0 Å². The van der Waals surface area contributed by atoms with E-state index in [4.69, 9.17) is 10.2 Å². The van der Waals surface area contributed by atoms with Gasteiger partial charge < -0.3 is 19.7 Å². The molecule has 0 aliphatic carbocycles. The molecule has 0 atom stereocenters. The van der Waals surface area contributed by atoms with Gasteiger partial charge in [-0.05, 0) is 25.0 Å². The largest absolute Gasteiger partial charge is 0.425 e. The summed E-state index contributed by atoms with van der Waals surface area (Å²) >= 11 is 0. The van der Waals surface area contributed by atoms with Crippen LogP contribution in [0, 0.1) is 0 Å². The molecule has 1 aromatic carbocycles. The van der Waals surface area contributed by atoms with Crippen LogP contribution in [0.15, 0.2) is 61.7 Å². The van der Waals surface area contributed by atoms with E-state index >= 15 is 0 Å². The molecule has 2 N–H and O–H groups in total. The maximum atomic E-state index is 10.8. The summed E-state index contributed by atoms with van der Waals surface area (Å²) < 4.78 is 9.00. The lowest BCUT2D eigenvalue weighted by Gasteiger charge is -2.04. The minimum Gasteiger partial charge on any atom is -0.425 e. The molecular weight excluding hydrogens is 348 g/mol. The minimum atomic E-state index is -0.588. The third-order valence-electron chi connectivity index (χ3n) is 2.61. The zero-order valence-corrected chi connectivity index (χ0v) is 15.9. The topological polar surface area (TPSA) is 93.1 Å². The van der Waals surface area contributed by atoms with Crippen LogP contribution in [0.4, 0.5) is 0 Å². The zero-order valence-electron chi connectivity index (χ0n) is 15.9. The number of benzene rings is 1. The summed E-state index contributed by atoms with van der Waals surface area (Å²) in [6.07, 6.45) is 3.66. The molecule has 27 heavy (non-hydrogen) atoms. The maximum Gasteiger partial charge on any atom is 0.335 e. The normalized spacial score (nSPS) is 8.59. The van der Waals surface area contributed by atoms with Crippen LogP contribution in [-0.2, 0) is 19.1 Å². The van der Waals surface area contributed by atoms with Crippen LogP contribution in [0.5, 0.6) is 0 Å². The number of hydrogen-bond donors (Lipinski definition) is 2.